The van der Waals surface area contributed by atoms with Gasteiger partial charge in [-0.15, -0.1) is 0 Å². The number of para-hydroxylation sites is 1. The Kier molecular flexibility index (Phi) is 13.3. The van der Waals surface area contributed by atoms with Crippen molar-refractivity contribution < 1.29 is 0 Å². The summed E-state index contributed by atoms with van der Waals surface area (Å²) >= 11 is 0. The smallest absolute Gasteiger partial charge is 0.0713 e. The first-order valence-electron chi connectivity index (χ1n) is 34.1. The molecule has 2 fully saturated rings. The lowest BCUT2D eigenvalue weighted by Crippen LogP contribution is -2.28. The zero-order valence-electron chi connectivity index (χ0n) is 52.1. The van der Waals surface area contributed by atoms with Crippen LogP contribution in [0, 0.1) is 0 Å². The monoisotopic (exact) mass is 1180 g/mol. The van der Waals surface area contributed by atoms with E-state index in [-0.39, 0.29) is 5.92 Å². The SMILES string of the molecule is c1ccc(C(c2ccc(C3(c4ccccc4)c4ccccc4-c4ccccc43)cc2)c2cc(C3CCCCC3)c3ccc4c(N(c5ccccc5)c5ccc(C6(c7ccccc7)c7ccccc7-c7ccccc76)cc5)cc(C5CCCCC5)c5ccc2c3c54)cc1. The normalized spacial score (nSPS) is 16.1. The van der Waals surface area contributed by atoms with Gasteiger partial charge < -0.3 is 4.90 Å². The predicted octanol–water partition coefficient (Wildman–Crippen LogP) is 24.1. The van der Waals surface area contributed by atoms with Gasteiger partial charge in [-0.2, -0.15) is 0 Å². The molecule has 18 rings (SSSR count). The van der Waals surface area contributed by atoms with Crippen LogP contribution < -0.4 is 4.90 Å². The average Bonchev–Trinajstić information content (AvgIpc) is 1.70. The fourth-order valence-corrected chi connectivity index (χ4v) is 18.4. The molecule has 14 aromatic carbocycles. The summed E-state index contributed by atoms with van der Waals surface area (Å²) in [5, 5.41) is 8.38. The van der Waals surface area contributed by atoms with E-state index in [2.05, 4.69) is 308 Å². The van der Waals surface area contributed by atoms with Crippen molar-refractivity contribution in [2.75, 3.05) is 4.90 Å². The van der Waals surface area contributed by atoms with Crippen molar-refractivity contribution in [3.05, 3.63) is 376 Å². The highest BCUT2D eigenvalue weighted by Crippen LogP contribution is 2.59. The van der Waals surface area contributed by atoms with Gasteiger partial charge >= 0.3 is 0 Å². The highest BCUT2D eigenvalue weighted by Gasteiger charge is 2.48. The van der Waals surface area contributed by atoms with Crippen LogP contribution in [0.1, 0.15) is 154 Å². The van der Waals surface area contributed by atoms with Crippen LogP contribution in [0.5, 0.6) is 0 Å². The number of hydrogen-bond acceptors (Lipinski definition) is 1. The topological polar surface area (TPSA) is 3.24 Å². The Balaban J connectivity index is 0.865. The van der Waals surface area contributed by atoms with Gasteiger partial charge in [0.2, 0.25) is 0 Å². The Hall–Kier alpha value is -10.1. The van der Waals surface area contributed by atoms with Crippen LogP contribution in [0.15, 0.2) is 303 Å². The van der Waals surface area contributed by atoms with Crippen molar-refractivity contribution in [1.82, 2.24) is 0 Å². The molecule has 0 aliphatic heterocycles. The van der Waals surface area contributed by atoms with Crippen molar-refractivity contribution in [2.24, 2.45) is 0 Å². The van der Waals surface area contributed by atoms with Gasteiger partial charge in [-0.25, -0.2) is 0 Å². The molecule has 0 heterocycles. The molecule has 0 bridgehead atoms. The first kappa shape index (κ1) is 54.8. The van der Waals surface area contributed by atoms with Gasteiger partial charge in [0.15, 0.2) is 0 Å². The van der Waals surface area contributed by atoms with E-state index in [1.54, 1.807) is 0 Å². The van der Waals surface area contributed by atoms with Crippen molar-refractivity contribution >= 4 is 49.4 Å². The molecule has 0 saturated heterocycles. The number of anilines is 3. The first-order valence-corrected chi connectivity index (χ1v) is 34.1. The van der Waals surface area contributed by atoms with Crippen molar-refractivity contribution in [1.29, 1.82) is 0 Å². The van der Waals surface area contributed by atoms with E-state index < -0.39 is 10.8 Å². The number of rotatable bonds is 12. The molecule has 2 saturated carbocycles. The summed E-state index contributed by atoms with van der Waals surface area (Å²) in [6, 6.07) is 117. The Morgan fingerprint density at radius 3 is 1.11 bits per heavy atom. The van der Waals surface area contributed by atoms with Gasteiger partial charge in [0, 0.05) is 22.7 Å². The zero-order chi connectivity index (χ0) is 60.7. The van der Waals surface area contributed by atoms with E-state index in [1.807, 2.05) is 0 Å². The minimum absolute atomic E-state index is 0.0254. The van der Waals surface area contributed by atoms with Gasteiger partial charge in [-0.3, -0.25) is 0 Å². The van der Waals surface area contributed by atoms with Crippen LogP contribution in [0.4, 0.5) is 17.1 Å². The molecule has 0 radical (unpaired) electrons. The third kappa shape index (κ3) is 8.37. The average molecular weight is 1180 g/mol. The van der Waals surface area contributed by atoms with E-state index in [4.69, 9.17) is 0 Å². The highest BCUT2D eigenvalue weighted by molar-refractivity contribution is 6.28. The van der Waals surface area contributed by atoms with Gasteiger partial charge in [0.25, 0.3) is 0 Å². The summed E-state index contributed by atoms with van der Waals surface area (Å²) in [6.07, 6.45) is 12.5. The Morgan fingerprint density at radius 2 is 0.630 bits per heavy atom. The lowest BCUT2D eigenvalue weighted by molar-refractivity contribution is 0.445. The Bertz CT molecular complexity index is 4620. The largest absolute Gasteiger partial charge is 0.310 e. The highest BCUT2D eigenvalue weighted by atomic mass is 15.1. The molecule has 0 amide bonds. The van der Waals surface area contributed by atoms with Crippen molar-refractivity contribution in [3.63, 3.8) is 0 Å². The van der Waals surface area contributed by atoms with E-state index >= 15 is 0 Å². The van der Waals surface area contributed by atoms with Crippen LogP contribution in [0.2, 0.25) is 0 Å². The molecule has 4 aliphatic carbocycles. The summed E-state index contributed by atoms with van der Waals surface area (Å²) in [6.45, 7) is 0. The summed E-state index contributed by atoms with van der Waals surface area (Å²) in [5.41, 5.74) is 25.4. The molecule has 0 aromatic heterocycles. The number of nitrogens with zero attached hydrogens (tertiary/aromatic N) is 1. The lowest BCUT2D eigenvalue weighted by Gasteiger charge is -2.35. The molecule has 1 unspecified atom stereocenters. The van der Waals surface area contributed by atoms with Gasteiger partial charge in [0.1, 0.15) is 0 Å². The number of benzene rings is 14. The fraction of sp³-hybridized carbons (Fsp3) is 0.165. The first-order chi connectivity index (χ1) is 45.7. The molecule has 442 valence electrons. The van der Waals surface area contributed by atoms with Crippen LogP contribution in [-0.4, -0.2) is 0 Å². The minimum atomic E-state index is -0.488. The quantitative estimate of drug-likeness (QED) is 0.0870. The van der Waals surface area contributed by atoms with Gasteiger partial charge in [0.05, 0.1) is 16.5 Å². The van der Waals surface area contributed by atoms with E-state index in [0.717, 1.165) is 11.4 Å². The third-order valence-corrected chi connectivity index (χ3v) is 22.3. The maximum atomic E-state index is 2.71. The molecule has 0 N–H and O–H groups in total. The molecule has 1 nitrogen and oxygen atoms in total. The van der Waals surface area contributed by atoms with Crippen molar-refractivity contribution in [2.45, 2.75) is 92.8 Å². The lowest BCUT2D eigenvalue weighted by atomic mass is 9.67. The van der Waals surface area contributed by atoms with E-state index in [9.17, 15) is 0 Å². The van der Waals surface area contributed by atoms with Gasteiger partial charge in [-0.1, -0.05) is 312 Å². The summed E-state index contributed by atoms with van der Waals surface area (Å²) in [4.78, 5) is 2.61. The zero-order valence-corrected chi connectivity index (χ0v) is 52.1. The van der Waals surface area contributed by atoms with E-state index in [1.165, 1.54) is 197 Å². The molecule has 1 atom stereocenters. The number of fused-ring (bicyclic) bond motifs is 6. The molecule has 14 aromatic rings. The summed E-state index contributed by atoms with van der Waals surface area (Å²) in [5.74, 6) is 0.919. The van der Waals surface area contributed by atoms with Crippen molar-refractivity contribution in [3.8, 4) is 22.3 Å². The van der Waals surface area contributed by atoms with Crippen LogP contribution in [0.25, 0.3) is 54.6 Å². The Morgan fingerprint density at radius 1 is 0.283 bits per heavy atom. The number of hydrogen-bond donors (Lipinski definition) is 0. The summed E-state index contributed by atoms with van der Waals surface area (Å²) < 4.78 is 0. The molecular formula is C91H73N. The second-order valence-electron chi connectivity index (χ2n) is 26.9. The maximum absolute atomic E-state index is 2.71. The van der Waals surface area contributed by atoms with Crippen LogP contribution >= 0.6 is 0 Å². The third-order valence-electron chi connectivity index (χ3n) is 22.3. The minimum Gasteiger partial charge on any atom is -0.310 e. The predicted molar refractivity (Wildman–Crippen MR) is 385 cm³/mol. The summed E-state index contributed by atoms with van der Waals surface area (Å²) in [7, 11) is 0. The molecule has 0 spiro atoms. The van der Waals surface area contributed by atoms with Gasteiger partial charge in [-0.05, 0) is 189 Å². The molecular weight excluding hydrogens is 1110 g/mol. The second-order valence-corrected chi connectivity index (χ2v) is 26.9. The molecule has 92 heavy (non-hydrogen) atoms. The molecule has 1 heteroatoms. The fourth-order valence-electron chi connectivity index (χ4n) is 18.4. The molecule has 4 aliphatic rings. The van der Waals surface area contributed by atoms with Crippen LogP contribution in [0.3, 0.4) is 0 Å². The second kappa shape index (κ2) is 22.4. The Labute approximate surface area is 541 Å². The standard InChI is InChI=1S/C91H73N/c1-7-27-61(28-8-1)79-59-81(87(63-31-11-3-12-32-63)64-47-49-67(50-48-64)90(65-33-13-4-14-34-65)82-43-23-19-39-71(82)72-40-20-24-44-83(72)90)77-56-55-76-80(62-29-9-2-10-30-62)60-86(78-58-57-75(79)88(77)89(76)78)92(69-37-17-6-18-38-69)70-53-51-68(52-54-70)91(66-35-15-5-16-36-66)84-45-25-21-41-73(84)74-42-22-26-46-85(74)91/h3-6,11-26,31-62,87H,1-2,7-10,27-30H2. The van der Waals surface area contributed by atoms with Crippen LogP contribution in [-0.2, 0) is 10.8 Å². The van der Waals surface area contributed by atoms with E-state index in [0.29, 0.717) is 11.8 Å². The maximum Gasteiger partial charge on any atom is 0.0713 e.